The molecule has 0 radical (unpaired) electrons. The van der Waals surface area contributed by atoms with E-state index in [1.807, 2.05) is 0 Å². The summed E-state index contributed by atoms with van der Waals surface area (Å²) < 4.78 is 5.03. The first kappa shape index (κ1) is 13.0. The number of carbonyl (C=O) groups is 2. The van der Waals surface area contributed by atoms with Crippen molar-refractivity contribution in [1.82, 2.24) is 5.32 Å². The van der Waals surface area contributed by atoms with Gasteiger partial charge in [-0.3, -0.25) is 10.1 Å². The molecule has 0 saturated heterocycles. The van der Waals surface area contributed by atoms with Crippen LogP contribution < -0.4 is 5.32 Å². The van der Waals surface area contributed by atoms with Gasteiger partial charge in [-0.05, 0) is 33.6 Å². The lowest BCUT2D eigenvalue weighted by atomic mass is 9.89. The Morgan fingerprint density at radius 1 is 1.12 bits per heavy atom. The first-order valence-electron chi connectivity index (χ1n) is 5.92. The van der Waals surface area contributed by atoms with Crippen LogP contribution in [0.4, 0.5) is 4.79 Å². The molecule has 16 heavy (non-hydrogen) atoms. The average Bonchev–Trinajstić information content (AvgIpc) is 2.16. The summed E-state index contributed by atoms with van der Waals surface area (Å²) in [5.41, 5.74) is -0.559. The highest BCUT2D eigenvalue weighted by Gasteiger charge is 2.24. The van der Waals surface area contributed by atoms with E-state index in [0.717, 1.165) is 25.7 Å². The molecule has 4 heteroatoms. The molecule has 0 aromatic rings. The molecular weight excluding hydrogens is 206 g/mol. The van der Waals surface area contributed by atoms with E-state index in [9.17, 15) is 9.59 Å². The molecule has 0 aromatic heterocycles. The summed E-state index contributed by atoms with van der Waals surface area (Å²) in [6.07, 6.45) is 4.47. The Balaban J connectivity index is 2.35. The van der Waals surface area contributed by atoms with Crippen LogP contribution in [0.3, 0.4) is 0 Å². The summed E-state index contributed by atoms with van der Waals surface area (Å²) in [6.45, 7) is 5.33. The fourth-order valence-electron chi connectivity index (χ4n) is 1.87. The molecule has 1 saturated carbocycles. The van der Waals surface area contributed by atoms with Gasteiger partial charge in [0.2, 0.25) is 5.91 Å². The molecule has 0 bridgehead atoms. The van der Waals surface area contributed by atoms with Gasteiger partial charge in [-0.15, -0.1) is 0 Å². The van der Waals surface area contributed by atoms with Gasteiger partial charge in [0.1, 0.15) is 5.60 Å². The van der Waals surface area contributed by atoms with E-state index in [2.05, 4.69) is 5.32 Å². The lowest BCUT2D eigenvalue weighted by Gasteiger charge is -2.22. The van der Waals surface area contributed by atoms with Crippen molar-refractivity contribution in [2.24, 2.45) is 5.92 Å². The third kappa shape index (κ3) is 4.64. The van der Waals surface area contributed by atoms with Crippen LogP contribution in [0, 0.1) is 5.92 Å². The fraction of sp³-hybridized carbons (Fsp3) is 0.833. The van der Waals surface area contributed by atoms with Crippen molar-refractivity contribution in [3.63, 3.8) is 0 Å². The minimum Gasteiger partial charge on any atom is -0.444 e. The Morgan fingerprint density at radius 3 is 2.19 bits per heavy atom. The molecule has 0 aliphatic heterocycles. The largest absolute Gasteiger partial charge is 0.444 e. The number of ether oxygens (including phenoxy) is 1. The van der Waals surface area contributed by atoms with E-state index in [1.165, 1.54) is 6.42 Å². The third-order valence-electron chi connectivity index (χ3n) is 2.60. The number of nitrogens with one attached hydrogen (secondary N) is 1. The SMILES string of the molecule is CC(C)(C)OC(=O)NC(=O)C1CCCCC1. The van der Waals surface area contributed by atoms with Crippen LogP contribution in [-0.4, -0.2) is 17.6 Å². The Bertz CT molecular complexity index is 262. The molecule has 0 heterocycles. The molecule has 1 aliphatic carbocycles. The number of rotatable bonds is 1. The molecule has 0 unspecified atom stereocenters. The summed E-state index contributed by atoms with van der Waals surface area (Å²) >= 11 is 0. The zero-order valence-corrected chi connectivity index (χ0v) is 10.3. The van der Waals surface area contributed by atoms with Gasteiger partial charge in [-0.1, -0.05) is 19.3 Å². The number of amides is 2. The van der Waals surface area contributed by atoms with Gasteiger partial charge in [-0.25, -0.2) is 4.79 Å². The Hall–Kier alpha value is -1.06. The normalized spacial score (nSPS) is 17.9. The highest BCUT2D eigenvalue weighted by molar-refractivity contribution is 5.93. The number of alkyl carbamates (subject to hydrolysis) is 1. The predicted octanol–water partition coefficient (Wildman–Crippen LogP) is 2.62. The molecule has 1 rings (SSSR count). The first-order valence-corrected chi connectivity index (χ1v) is 5.92. The monoisotopic (exact) mass is 227 g/mol. The van der Waals surface area contributed by atoms with E-state index in [1.54, 1.807) is 20.8 Å². The lowest BCUT2D eigenvalue weighted by molar-refractivity contribution is -0.125. The molecule has 1 aliphatic rings. The Labute approximate surface area is 96.7 Å². The summed E-state index contributed by atoms with van der Waals surface area (Å²) in [7, 11) is 0. The molecule has 0 atom stereocenters. The van der Waals surface area contributed by atoms with Crippen molar-refractivity contribution in [3.8, 4) is 0 Å². The van der Waals surface area contributed by atoms with Crippen molar-refractivity contribution < 1.29 is 14.3 Å². The second-order valence-electron chi connectivity index (χ2n) is 5.33. The van der Waals surface area contributed by atoms with Crippen molar-refractivity contribution in [2.45, 2.75) is 58.5 Å². The van der Waals surface area contributed by atoms with Crippen molar-refractivity contribution in [2.75, 3.05) is 0 Å². The maximum absolute atomic E-state index is 11.7. The summed E-state index contributed by atoms with van der Waals surface area (Å²) in [5.74, 6) is -0.199. The van der Waals surface area contributed by atoms with E-state index in [4.69, 9.17) is 4.74 Å². The standard InChI is InChI=1S/C12H21NO3/c1-12(2,3)16-11(15)13-10(14)9-7-5-4-6-8-9/h9H,4-8H2,1-3H3,(H,13,14,15). The van der Waals surface area contributed by atoms with Gasteiger partial charge in [0.15, 0.2) is 0 Å². The molecule has 1 fully saturated rings. The molecule has 2 amide bonds. The molecule has 0 spiro atoms. The zero-order valence-electron chi connectivity index (χ0n) is 10.3. The highest BCUT2D eigenvalue weighted by atomic mass is 16.6. The van der Waals surface area contributed by atoms with Crippen LogP contribution >= 0.6 is 0 Å². The fourth-order valence-corrected chi connectivity index (χ4v) is 1.87. The molecule has 92 valence electrons. The maximum atomic E-state index is 11.7. The predicted molar refractivity (Wildman–Crippen MR) is 61.0 cm³/mol. The van der Waals surface area contributed by atoms with E-state index in [0.29, 0.717) is 0 Å². The second kappa shape index (κ2) is 5.32. The van der Waals surface area contributed by atoms with Crippen LogP contribution in [0.25, 0.3) is 0 Å². The van der Waals surface area contributed by atoms with Crippen molar-refractivity contribution >= 4 is 12.0 Å². The number of carbonyl (C=O) groups excluding carboxylic acids is 2. The minimum absolute atomic E-state index is 0.0127. The van der Waals surface area contributed by atoms with Crippen LogP contribution in [0.5, 0.6) is 0 Å². The highest BCUT2D eigenvalue weighted by Crippen LogP contribution is 2.23. The van der Waals surface area contributed by atoms with Gasteiger partial charge >= 0.3 is 6.09 Å². The third-order valence-corrected chi connectivity index (χ3v) is 2.60. The smallest absolute Gasteiger partial charge is 0.414 e. The first-order chi connectivity index (χ1) is 7.38. The van der Waals surface area contributed by atoms with Gasteiger partial charge < -0.3 is 4.74 Å². The van der Waals surface area contributed by atoms with Crippen molar-refractivity contribution in [1.29, 1.82) is 0 Å². The van der Waals surface area contributed by atoms with Crippen LogP contribution in [-0.2, 0) is 9.53 Å². The van der Waals surface area contributed by atoms with E-state index in [-0.39, 0.29) is 11.8 Å². The van der Waals surface area contributed by atoms with Gasteiger partial charge in [-0.2, -0.15) is 0 Å². The summed E-state index contributed by atoms with van der Waals surface area (Å²) in [6, 6.07) is 0. The van der Waals surface area contributed by atoms with Gasteiger partial charge in [0.05, 0.1) is 0 Å². The van der Waals surface area contributed by atoms with Gasteiger partial charge in [0, 0.05) is 5.92 Å². The zero-order chi connectivity index (χ0) is 12.2. The van der Waals surface area contributed by atoms with Crippen LogP contribution in [0.2, 0.25) is 0 Å². The van der Waals surface area contributed by atoms with Crippen LogP contribution in [0.15, 0.2) is 0 Å². The molecule has 0 aromatic carbocycles. The second-order valence-corrected chi connectivity index (χ2v) is 5.33. The summed E-state index contributed by atoms with van der Waals surface area (Å²) in [5, 5.41) is 2.31. The number of hydrogen-bond donors (Lipinski definition) is 1. The lowest BCUT2D eigenvalue weighted by Crippen LogP contribution is -2.40. The average molecular weight is 227 g/mol. The van der Waals surface area contributed by atoms with E-state index < -0.39 is 11.7 Å². The number of imide groups is 1. The number of hydrogen-bond acceptors (Lipinski definition) is 3. The molecular formula is C12H21NO3. The quantitative estimate of drug-likeness (QED) is 0.749. The van der Waals surface area contributed by atoms with Gasteiger partial charge in [0.25, 0.3) is 0 Å². The van der Waals surface area contributed by atoms with E-state index >= 15 is 0 Å². The summed E-state index contributed by atoms with van der Waals surface area (Å²) in [4.78, 5) is 23.0. The van der Waals surface area contributed by atoms with Crippen molar-refractivity contribution in [3.05, 3.63) is 0 Å². The Morgan fingerprint density at radius 2 is 1.69 bits per heavy atom. The maximum Gasteiger partial charge on any atom is 0.414 e. The van der Waals surface area contributed by atoms with Crippen LogP contribution in [0.1, 0.15) is 52.9 Å². The topological polar surface area (TPSA) is 55.4 Å². The Kier molecular flexibility index (Phi) is 4.33. The minimum atomic E-state index is -0.636. The molecule has 4 nitrogen and oxygen atoms in total. The molecule has 1 N–H and O–H groups in total.